The minimum atomic E-state index is -0.918. The average molecular weight is 536 g/mol. The van der Waals surface area contributed by atoms with Gasteiger partial charge in [-0.1, -0.05) is 12.5 Å². The summed E-state index contributed by atoms with van der Waals surface area (Å²) in [7, 11) is 0. The van der Waals surface area contributed by atoms with Gasteiger partial charge in [-0.05, 0) is 51.5 Å². The van der Waals surface area contributed by atoms with Crippen LogP contribution in [0.25, 0.3) is 0 Å². The Hall–Kier alpha value is -3.77. The summed E-state index contributed by atoms with van der Waals surface area (Å²) >= 11 is 0. The van der Waals surface area contributed by atoms with E-state index in [2.05, 4.69) is 5.32 Å². The molecule has 5 amide bonds. The number of unbranched alkanes of at least 4 members (excludes halogenated alkanes) is 2. The van der Waals surface area contributed by atoms with Crippen molar-refractivity contribution in [3.05, 3.63) is 12.2 Å². The van der Waals surface area contributed by atoms with E-state index in [0.29, 0.717) is 61.6 Å². The van der Waals surface area contributed by atoms with Gasteiger partial charge in [0.1, 0.15) is 6.10 Å². The Balaban J connectivity index is 1.30. The highest BCUT2D eigenvalue weighted by Crippen LogP contribution is 2.34. The highest BCUT2D eigenvalue weighted by Gasteiger charge is 2.40. The van der Waals surface area contributed by atoms with Crippen LogP contribution < -0.4 is 5.32 Å². The van der Waals surface area contributed by atoms with E-state index in [1.165, 1.54) is 0 Å². The minimum Gasteiger partial charge on any atom is -0.442 e. The number of nitrogens with zero attached hydrogens (tertiary/aromatic N) is 2. The molecule has 0 saturated carbocycles. The number of hydrogen-bond acceptors (Lipinski definition) is 10. The second-order valence-electron chi connectivity index (χ2n) is 9.77. The molecule has 2 saturated heterocycles. The summed E-state index contributed by atoms with van der Waals surface area (Å²) in [6, 6.07) is 0. The summed E-state index contributed by atoms with van der Waals surface area (Å²) in [5.41, 5.74) is -0.918. The van der Waals surface area contributed by atoms with Crippen molar-refractivity contribution < 1.29 is 48.0 Å². The van der Waals surface area contributed by atoms with E-state index in [1.54, 1.807) is 19.1 Å². The van der Waals surface area contributed by atoms with Gasteiger partial charge in [0.15, 0.2) is 0 Å². The number of carbonyl (C=O) groups is 7. The number of ether oxygens (including phenoxy) is 1. The molecule has 0 aromatic rings. The van der Waals surface area contributed by atoms with Crippen LogP contribution in [0.15, 0.2) is 12.2 Å². The number of allylic oxidation sites excluding steroid dienone is 1. The van der Waals surface area contributed by atoms with Crippen LogP contribution >= 0.6 is 0 Å². The van der Waals surface area contributed by atoms with Crippen LogP contribution in [0, 0.1) is 5.41 Å². The van der Waals surface area contributed by atoms with E-state index in [1.807, 2.05) is 0 Å². The summed E-state index contributed by atoms with van der Waals surface area (Å²) in [4.78, 5) is 92.8. The SMILES string of the molecule is CC1(C(=O)ON2C(=O)CCC2=O)C/C=C/C(OC(=O)NCCCCCC(=O)ON2C(=O)CCC2=O)CCC1. The topological polar surface area (TPSA) is 166 Å². The fourth-order valence-electron chi connectivity index (χ4n) is 4.25. The van der Waals surface area contributed by atoms with Crippen LogP contribution in [-0.2, 0) is 43.2 Å². The summed E-state index contributed by atoms with van der Waals surface area (Å²) in [6.07, 6.45) is 6.02. The molecule has 3 aliphatic rings. The first-order chi connectivity index (χ1) is 18.1. The molecule has 13 heteroatoms. The lowest BCUT2D eigenvalue weighted by atomic mass is 9.80. The van der Waals surface area contributed by atoms with Crippen LogP contribution in [0.4, 0.5) is 4.79 Å². The Kier molecular flexibility index (Phi) is 9.97. The second-order valence-corrected chi connectivity index (χ2v) is 9.77. The molecule has 0 bridgehead atoms. The van der Waals surface area contributed by atoms with Gasteiger partial charge in [-0.2, -0.15) is 0 Å². The zero-order valence-corrected chi connectivity index (χ0v) is 21.4. The van der Waals surface area contributed by atoms with E-state index < -0.39 is 53.2 Å². The molecule has 0 radical (unpaired) electrons. The van der Waals surface area contributed by atoms with Gasteiger partial charge in [-0.15, -0.1) is 10.1 Å². The van der Waals surface area contributed by atoms with Gasteiger partial charge in [0.05, 0.1) is 5.41 Å². The van der Waals surface area contributed by atoms with Crippen molar-refractivity contribution in [1.29, 1.82) is 0 Å². The van der Waals surface area contributed by atoms with Gasteiger partial charge in [-0.25, -0.2) is 14.4 Å². The number of amides is 5. The normalized spacial score (nSPS) is 24.6. The molecule has 0 aromatic carbocycles. The first-order valence-corrected chi connectivity index (χ1v) is 12.8. The summed E-state index contributed by atoms with van der Waals surface area (Å²) in [6.45, 7) is 2.05. The molecule has 2 fully saturated rings. The van der Waals surface area contributed by atoms with E-state index in [-0.39, 0.29) is 32.1 Å². The van der Waals surface area contributed by atoms with Crippen LogP contribution in [0.3, 0.4) is 0 Å². The maximum atomic E-state index is 12.7. The van der Waals surface area contributed by atoms with Crippen molar-refractivity contribution >= 4 is 41.7 Å². The molecule has 0 spiro atoms. The summed E-state index contributed by atoms with van der Waals surface area (Å²) in [5.74, 6) is -3.38. The van der Waals surface area contributed by atoms with Crippen LogP contribution in [0.5, 0.6) is 0 Å². The number of imide groups is 2. The molecule has 2 atom stereocenters. The third-order valence-corrected chi connectivity index (χ3v) is 6.59. The summed E-state index contributed by atoms with van der Waals surface area (Å²) < 4.78 is 5.44. The molecule has 208 valence electrons. The molecular weight excluding hydrogens is 502 g/mol. The van der Waals surface area contributed by atoms with Gasteiger partial charge in [0, 0.05) is 38.6 Å². The lowest BCUT2D eigenvalue weighted by Gasteiger charge is -2.29. The zero-order chi connectivity index (χ0) is 27.7. The summed E-state index contributed by atoms with van der Waals surface area (Å²) in [5, 5.41) is 3.73. The Labute approximate surface area is 219 Å². The molecule has 1 aliphatic carbocycles. The molecule has 0 aromatic heterocycles. The number of nitrogens with one attached hydrogen (secondary N) is 1. The Bertz CT molecular complexity index is 977. The largest absolute Gasteiger partial charge is 0.442 e. The van der Waals surface area contributed by atoms with Gasteiger partial charge in [0.2, 0.25) is 0 Å². The number of rotatable bonds is 10. The highest BCUT2D eigenvalue weighted by molar-refractivity contribution is 6.02. The van der Waals surface area contributed by atoms with Crippen molar-refractivity contribution in [3.8, 4) is 0 Å². The van der Waals surface area contributed by atoms with Crippen LogP contribution in [0.2, 0.25) is 0 Å². The molecular formula is C25H33N3O10. The fraction of sp³-hybridized carbons (Fsp3) is 0.640. The molecule has 38 heavy (non-hydrogen) atoms. The fourth-order valence-corrected chi connectivity index (χ4v) is 4.25. The quantitative estimate of drug-likeness (QED) is 0.248. The third kappa shape index (κ3) is 7.86. The Morgan fingerprint density at radius 1 is 0.921 bits per heavy atom. The molecule has 1 N–H and O–H groups in total. The zero-order valence-electron chi connectivity index (χ0n) is 21.4. The van der Waals surface area contributed by atoms with Crippen molar-refractivity contribution in [2.45, 2.75) is 90.1 Å². The third-order valence-electron chi connectivity index (χ3n) is 6.59. The Morgan fingerprint density at radius 2 is 1.53 bits per heavy atom. The predicted molar refractivity (Wildman–Crippen MR) is 127 cm³/mol. The van der Waals surface area contributed by atoms with E-state index in [9.17, 15) is 33.6 Å². The minimum absolute atomic E-state index is 0.0314. The van der Waals surface area contributed by atoms with Gasteiger partial charge in [-0.3, -0.25) is 19.2 Å². The number of hydrogen-bond donors (Lipinski definition) is 1. The first kappa shape index (κ1) is 28.8. The predicted octanol–water partition coefficient (Wildman–Crippen LogP) is 1.99. The second kappa shape index (κ2) is 13.2. The van der Waals surface area contributed by atoms with Crippen LogP contribution in [0.1, 0.15) is 84.0 Å². The lowest BCUT2D eigenvalue weighted by molar-refractivity contribution is -0.205. The number of carbonyl (C=O) groups excluding carboxylic acids is 7. The maximum Gasteiger partial charge on any atom is 0.407 e. The monoisotopic (exact) mass is 535 g/mol. The smallest absolute Gasteiger partial charge is 0.407 e. The van der Waals surface area contributed by atoms with E-state index >= 15 is 0 Å². The van der Waals surface area contributed by atoms with Gasteiger partial charge < -0.3 is 19.7 Å². The van der Waals surface area contributed by atoms with Crippen molar-refractivity contribution in [1.82, 2.24) is 15.4 Å². The van der Waals surface area contributed by atoms with Crippen LogP contribution in [-0.4, -0.2) is 64.4 Å². The maximum absolute atomic E-state index is 12.7. The van der Waals surface area contributed by atoms with Crippen molar-refractivity contribution in [3.63, 3.8) is 0 Å². The highest BCUT2D eigenvalue weighted by atomic mass is 16.7. The van der Waals surface area contributed by atoms with Crippen molar-refractivity contribution in [2.24, 2.45) is 5.41 Å². The molecule has 13 nitrogen and oxygen atoms in total. The van der Waals surface area contributed by atoms with Gasteiger partial charge in [0.25, 0.3) is 23.6 Å². The molecule has 2 heterocycles. The Morgan fingerprint density at radius 3 is 2.16 bits per heavy atom. The lowest BCUT2D eigenvalue weighted by Crippen LogP contribution is -2.39. The average Bonchev–Trinajstić information content (AvgIpc) is 3.34. The first-order valence-electron chi connectivity index (χ1n) is 12.8. The molecule has 2 aliphatic heterocycles. The number of alkyl carbamates (subject to hydrolysis) is 1. The van der Waals surface area contributed by atoms with Crippen molar-refractivity contribution in [2.75, 3.05) is 6.54 Å². The van der Waals surface area contributed by atoms with E-state index in [0.717, 1.165) is 0 Å². The standard InChI is InChI=1S/C25H33N3O10/c1-25(23(34)38-28-20(31)12-13-21(28)32)14-5-7-17(8-6-15-25)36-24(35)26-16-4-2-3-9-22(33)37-27-18(29)10-11-19(27)30/h5,7,17H,2-4,6,8-16H2,1H3,(H,26,35)/b7-5+. The number of hydroxylamine groups is 4. The van der Waals surface area contributed by atoms with E-state index in [4.69, 9.17) is 14.4 Å². The molecule has 2 unspecified atom stereocenters. The molecule has 3 rings (SSSR count). The van der Waals surface area contributed by atoms with Gasteiger partial charge >= 0.3 is 18.0 Å².